The fraction of sp³-hybridized carbons (Fsp3) is 0.231. The summed E-state index contributed by atoms with van der Waals surface area (Å²) in [5.41, 5.74) is 5.08. The summed E-state index contributed by atoms with van der Waals surface area (Å²) in [4.78, 5) is 22.1. The molecule has 0 aliphatic heterocycles. The Balaban J connectivity index is 0.00000330. The first-order valence-corrected chi connectivity index (χ1v) is 16.4. The highest BCUT2D eigenvalue weighted by Gasteiger charge is 2.02. The van der Waals surface area contributed by atoms with Gasteiger partial charge in [0.15, 0.2) is 0 Å². The summed E-state index contributed by atoms with van der Waals surface area (Å²) in [5.74, 6) is 0.623. The molecule has 0 bridgehead atoms. The van der Waals surface area contributed by atoms with Crippen LogP contribution in [0, 0.1) is 6.92 Å². The van der Waals surface area contributed by atoms with E-state index >= 15 is 0 Å². The van der Waals surface area contributed by atoms with Crippen molar-refractivity contribution in [1.29, 1.82) is 0 Å². The Morgan fingerprint density at radius 2 is 0.902 bits per heavy atom. The lowest BCUT2D eigenvalue weighted by Crippen LogP contribution is -2.04. The van der Waals surface area contributed by atoms with Crippen LogP contribution in [0.2, 0.25) is 0 Å². The van der Waals surface area contributed by atoms with Gasteiger partial charge >= 0.3 is 11.9 Å². The Morgan fingerprint density at radius 1 is 0.549 bits per heavy atom. The van der Waals surface area contributed by atoms with Crippen LogP contribution < -0.4 is 9.47 Å². The van der Waals surface area contributed by atoms with Crippen LogP contribution in [0.25, 0.3) is 0 Å². The molecule has 0 fully saturated rings. The molecule has 0 saturated carbocycles. The van der Waals surface area contributed by atoms with Crippen molar-refractivity contribution in [2.45, 2.75) is 32.6 Å². The number of ether oxygens (including phenoxy) is 4. The summed E-state index contributed by atoms with van der Waals surface area (Å²) in [5, 5.41) is 26.0. The Morgan fingerprint density at radius 3 is 1.31 bits per heavy atom. The molecule has 51 heavy (non-hydrogen) atoms. The number of nitrogens with zero attached hydrogens (tertiary/aromatic N) is 6. The zero-order chi connectivity index (χ0) is 38.1. The third-order valence-electron chi connectivity index (χ3n) is 6.98. The molecule has 0 saturated heterocycles. The van der Waals surface area contributed by atoms with Gasteiger partial charge in [0, 0.05) is 16.5 Å². The highest BCUT2D eigenvalue weighted by atomic mass is 16.5. The van der Waals surface area contributed by atoms with Crippen molar-refractivity contribution in [1.82, 2.24) is 0 Å². The van der Waals surface area contributed by atoms with Crippen molar-refractivity contribution in [3.63, 3.8) is 0 Å². The zero-order valence-corrected chi connectivity index (χ0v) is 28.5. The van der Waals surface area contributed by atoms with Crippen LogP contribution in [0.4, 0.5) is 34.1 Å². The first kappa shape index (κ1) is 36.0. The van der Waals surface area contributed by atoms with Gasteiger partial charge in [0.2, 0.25) is 0 Å². The van der Waals surface area contributed by atoms with Gasteiger partial charge in [-0.15, -0.1) is 0 Å². The topological polar surface area (TPSA) is 145 Å². The summed E-state index contributed by atoms with van der Waals surface area (Å²) in [6.07, 6.45) is 5.25. The number of aryl methyl sites for hydroxylation is 1. The summed E-state index contributed by atoms with van der Waals surface area (Å²) < 4.78 is 31.3. The van der Waals surface area contributed by atoms with Gasteiger partial charge in [0.25, 0.3) is 0 Å². The van der Waals surface area contributed by atoms with Crippen LogP contribution in [-0.4, -0.2) is 38.4 Å². The minimum atomic E-state index is -0.416. The van der Waals surface area contributed by atoms with Crippen LogP contribution in [0.15, 0.2) is 147 Å². The van der Waals surface area contributed by atoms with Crippen molar-refractivity contribution in [2.75, 3.05) is 26.4 Å². The third kappa shape index (κ3) is 14.0. The number of rotatable bonds is 20. The van der Waals surface area contributed by atoms with Gasteiger partial charge in [-0.3, -0.25) is 0 Å². The zero-order valence-electron chi connectivity index (χ0n) is 30.5. The fourth-order valence-corrected chi connectivity index (χ4v) is 4.21. The van der Waals surface area contributed by atoms with E-state index in [1.54, 1.807) is 0 Å². The van der Waals surface area contributed by atoms with E-state index in [0.29, 0.717) is 67.7 Å². The standard InChI is InChI=1S/C39H40N6O6.2H2/c1-4-38(46)50-26-8-6-24-48-35-19-14-32(15-20-35)41-40-30-10-12-31(13-11-30)42-44-34-18-23-37(29(3)28-34)45-43-33-16-21-36(22-17-33)49-25-7-9-27-51-39(47)5-2;;/h4-5,10-23,28H,1-2,6-9,24-27H2,3H3;2*1H/i;1+1D;1+1. The Bertz CT molecular complexity index is 1840. The molecule has 0 amide bonds. The van der Waals surface area contributed by atoms with E-state index < -0.39 is 11.9 Å². The van der Waals surface area contributed by atoms with E-state index in [1.165, 1.54) is 0 Å². The molecule has 0 atom stereocenters. The maximum Gasteiger partial charge on any atom is 0.330 e. The Hall–Kier alpha value is -6.30. The largest absolute Gasteiger partial charge is 0.494 e. The van der Waals surface area contributed by atoms with E-state index in [2.05, 4.69) is 43.8 Å². The number of hydrogen-bond acceptors (Lipinski definition) is 12. The highest BCUT2D eigenvalue weighted by Crippen LogP contribution is 2.29. The van der Waals surface area contributed by atoms with Crippen molar-refractivity contribution in [2.24, 2.45) is 30.7 Å². The van der Waals surface area contributed by atoms with Gasteiger partial charge in [-0.1, -0.05) is 13.2 Å². The normalized spacial score (nSPS) is 11.3. The average molecular weight is 696 g/mol. The molecule has 0 aromatic heterocycles. The second-order valence-corrected chi connectivity index (χ2v) is 10.9. The summed E-state index contributed by atoms with van der Waals surface area (Å²) in [6.45, 7) is 10.4. The molecule has 0 heterocycles. The van der Waals surface area contributed by atoms with Crippen molar-refractivity contribution < 1.29 is 32.9 Å². The monoisotopic (exact) mass is 695 g/mol. The molecule has 12 nitrogen and oxygen atoms in total. The van der Waals surface area contributed by atoms with Crippen LogP contribution in [0.1, 0.15) is 35.6 Å². The average Bonchev–Trinajstić information content (AvgIpc) is 3.20. The van der Waals surface area contributed by atoms with Crippen molar-refractivity contribution in [3.05, 3.63) is 122 Å². The smallest absolute Gasteiger partial charge is 0.330 e. The number of esters is 2. The van der Waals surface area contributed by atoms with Gasteiger partial charge in [-0.25, -0.2) is 9.59 Å². The number of carbonyl (C=O) groups excluding carboxylic acids is 2. The van der Waals surface area contributed by atoms with E-state index in [4.69, 9.17) is 21.9 Å². The second-order valence-electron chi connectivity index (χ2n) is 10.9. The van der Waals surface area contributed by atoms with Crippen LogP contribution in [0.3, 0.4) is 0 Å². The molecule has 4 rings (SSSR count). The van der Waals surface area contributed by atoms with E-state index in [1.807, 2.05) is 97.9 Å². The molecule has 0 N–H and O–H groups in total. The molecule has 4 aromatic carbocycles. The number of hydrogen-bond donors (Lipinski definition) is 0. The minimum Gasteiger partial charge on any atom is -0.494 e. The predicted octanol–water partition coefficient (Wildman–Crippen LogP) is 11.5. The number of azo groups is 3. The van der Waals surface area contributed by atoms with Gasteiger partial charge in [-0.05, 0) is 129 Å². The van der Waals surface area contributed by atoms with E-state index in [0.717, 1.165) is 47.7 Å². The van der Waals surface area contributed by atoms with Crippen molar-refractivity contribution >= 4 is 46.1 Å². The number of benzene rings is 4. The number of unbranched alkanes of at least 4 members (excludes halogenated alkanes) is 2. The maximum absolute atomic E-state index is 11.0. The third-order valence-corrected chi connectivity index (χ3v) is 6.98. The first-order chi connectivity index (χ1) is 25.9. The Kier molecular flexibility index (Phi) is 14.8. The van der Waals surface area contributed by atoms with Crippen molar-refractivity contribution in [3.8, 4) is 11.5 Å². The fourth-order valence-electron chi connectivity index (χ4n) is 4.21. The second kappa shape index (κ2) is 20.9. The first-order valence-electron chi connectivity index (χ1n) is 17.4. The van der Waals surface area contributed by atoms with Gasteiger partial charge in [-0.2, -0.15) is 30.7 Å². The molecule has 266 valence electrons. The lowest BCUT2D eigenvalue weighted by molar-refractivity contribution is -0.138. The number of carbonyl (C=O) groups is 2. The molecule has 0 aliphatic rings. The van der Waals surface area contributed by atoms with Gasteiger partial charge in [0.05, 0.1) is 60.6 Å². The predicted molar refractivity (Wildman–Crippen MR) is 199 cm³/mol. The van der Waals surface area contributed by atoms with Crippen LogP contribution in [-0.2, 0) is 19.1 Å². The SMILES string of the molecule is C=CC(=O)OCCCCOc1ccc(N=Nc2ccc(N=Nc3ccc(N=Nc4ccc(OCCCCOC(=O)C=C)cc4)c(C)c3)cc2)cc1.[2HH].[2H][2H]. The summed E-state index contributed by atoms with van der Waals surface area (Å²) in [7, 11) is 0. The molecular formula is C39H44N6O6. The maximum atomic E-state index is 11.0. The highest BCUT2D eigenvalue weighted by molar-refractivity contribution is 5.81. The molecule has 0 unspecified atom stereocenters. The molecule has 12 heteroatoms. The Labute approximate surface area is 301 Å². The van der Waals surface area contributed by atoms with E-state index in [-0.39, 0.29) is 1.43 Å². The van der Waals surface area contributed by atoms with Gasteiger partial charge < -0.3 is 18.9 Å². The molecule has 0 spiro atoms. The van der Waals surface area contributed by atoms with Crippen LogP contribution >= 0.6 is 0 Å². The lowest BCUT2D eigenvalue weighted by Gasteiger charge is -2.06. The molecular weight excluding hydrogens is 648 g/mol. The minimum absolute atomic E-state index is 0. The quantitative estimate of drug-likeness (QED) is 0.0389. The summed E-state index contributed by atoms with van der Waals surface area (Å²) >= 11 is 0. The van der Waals surface area contributed by atoms with Gasteiger partial charge in [0.1, 0.15) is 11.5 Å². The summed E-state index contributed by atoms with van der Waals surface area (Å²) in [6, 6.07) is 27.6. The molecule has 0 radical (unpaired) electrons. The lowest BCUT2D eigenvalue weighted by atomic mass is 10.2. The molecule has 4 aromatic rings. The van der Waals surface area contributed by atoms with Crippen LogP contribution in [0.5, 0.6) is 11.5 Å². The van der Waals surface area contributed by atoms with E-state index in [9.17, 15) is 9.59 Å². The molecule has 0 aliphatic carbocycles.